The van der Waals surface area contributed by atoms with Crippen LogP contribution in [0.2, 0.25) is 10.0 Å². The molecule has 0 saturated carbocycles. The van der Waals surface area contributed by atoms with E-state index in [1.165, 1.54) is 11.1 Å². The minimum Gasteiger partial charge on any atom is -0.378 e. The molecular weight excluding hydrogens is 401 g/mol. The quantitative estimate of drug-likeness (QED) is 0.614. The van der Waals surface area contributed by atoms with E-state index in [0.29, 0.717) is 28.9 Å². The number of benzene rings is 2. The van der Waals surface area contributed by atoms with Crippen molar-refractivity contribution in [3.05, 3.63) is 63.6 Å². The highest BCUT2D eigenvalue weighted by Gasteiger charge is 2.34. The maximum Gasteiger partial charge on any atom is 0.282 e. The van der Waals surface area contributed by atoms with Gasteiger partial charge >= 0.3 is 0 Å². The zero-order valence-corrected chi connectivity index (χ0v) is 16.3. The molecule has 0 spiro atoms. The van der Waals surface area contributed by atoms with Crippen molar-refractivity contribution in [1.29, 1.82) is 0 Å². The zero-order chi connectivity index (χ0) is 19.7. The second-order valence-electron chi connectivity index (χ2n) is 6.43. The minimum atomic E-state index is -0.465. The monoisotopic (exact) mass is 417 g/mol. The summed E-state index contributed by atoms with van der Waals surface area (Å²) in [5.41, 5.74) is 4.91. The summed E-state index contributed by atoms with van der Waals surface area (Å²) in [6.45, 7) is 3.12. The maximum atomic E-state index is 12.7. The third kappa shape index (κ3) is 3.71. The van der Waals surface area contributed by atoms with Crippen LogP contribution in [0.15, 0.2) is 48.0 Å². The van der Waals surface area contributed by atoms with E-state index in [-0.39, 0.29) is 5.57 Å². The molecule has 2 aliphatic heterocycles. The molecule has 2 amide bonds. The van der Waals surface area contributed by atoms with Gasteiger partial charge in [-0.3, -0.25) is 15.0 Å². The Balaban J connectivity index is 1.54. The van der Waals surface area contributed by atoms with Gasteiger partial charge in [0.25, 0.3) is 11.8 Å². The Kier molecular flexibility index (Phi) is 5.26. The van der Waals surface area contributed by atoms with Crippen LogP contribution in [0.1, 0.15) is 5.56 Å². The van der Waals surface area contributed by atoms with E-state index in [4.69, 9.17) is 27.9 Å². The van der Waals surface area contributed by atoms with Crippen molar-refractivity contribution in [2.24, 2.45) is 0 Å². The van der Waals surface area contributed by atoms with Gasteiger partial charge < -0.3 is 9.64 Å². The molecule has 2 aromatic rings. The number of halogens is 2. The van der Waals surface area contributed by atoms with E-state index in [1.807, 2.05) is 24.3 Å². The molecule has 8 heteroatoms. The summed E-state index contributed by atoms with van der Waals surface area (Å²) in [5, 5.41) is 1.84. The maximum absolute atomic E-state index is 12.7. The number of hydrogen-bond acceptors (Lipinski definition) is 4. The summed E-state index contributed by atoms with van der Waals surface area (Å²) in [5.74, 6) is -0.908. The summed E-state index contributed by atoms with van der Waals surface area (Å²) < 4.78 is 5.36. The Labute approximate surface area is 172 Å². The Morgan fingerprint density at radius 3 is 2.29 bits per heavy atom. The summed E-state index contributed by atoms with van der Waals surface area (Å²) in [7, 11) is 0. The van der Waals surface area contributed by atoms with Crippen LogP contribution in [0.25, 0.3) is 6.08 Å². The van der Waals surface area contributed by atoms with Gasteiger partial charge in [0, 0.05) is 18.8 Å². The van der Waals surface area contributed by atoms with Gasteiger partial charge in [-0.25, -0.2) is 5.01 Å². The van der Waals surface area contributed by atoms with Crippen molar-refractivity contribution in [2.75, 3.05) is 36.2 Å². The van der Waals surface area contributed by atoms with E-state index < -0.39 is 11.8 Å². The number of anilines is 2. The second kappa shape index (κ2) is 7.83. The van der Waals surface area contributed by atoms with Crippen molar-refractivity contribution >= 4 is 52.5 Å². The minimum absolute atomic E-state index is 0.0604. The van der Waals surface area contributed by atoms with Crippen molar-refractivity contribution in [2.45, 2.75) is 0 Å². The first-order chi connectivity index (χ1) is 13.5. The Morgan fingerprint density at radius 1 is 0.929 bits per heavy atom. The normalized spacial score (nSPS) is 18.7. The Hall–Kier alpha value is -2.54. The van der Waals surface area contributed by atoms with Crippen LogP contribution < -0.4 is 15.3 Å². The van der Waals surface area contributed by atoms with E-state index in [9.17, 15) is 9.59 Å². The summed E-state index contributed by atoms with van der Waals surface area (Å²) in [6, 6.07) is 12.5. The number of hydrogen-bond donors (Lipinski definition) is 1. The lowest BCUT2D eigenvalue weighted by Crippen LogP contribution is -2.36. The number of amides is 2. The lowest BCUT2D eigenvalue weighted by atomic mass is 10.1. The van der Waals surface area contributed by atoms with Crippen LogP contribution in [0, 0.1) is 0 Å². The molecule has 0 aromatic heterocycles. The van der Waals surface area contributed by atoms with E-state index in [1.54, 1.807) is 18.2 Å². The SMILES string of the molecule is O=C1NN(c2ccc(Cl)c(Cl)c2)C(=O)/C1=C/c1ccc(N2CCOCC2)cc1. The van der Waals surface area contributed by atoms with Crippen molar-refractivity contribution < 1.29 is 14.3 Å². The number of rotatable bonds is 3. The molecule has 0 atom stereocenters. The topological polar surface area (TPSA) is 61.9 Å². The predicted octanol–water partition coefficient (Wildman–Crippen LogP) is 3.29. The average Bonchev–Trinajstić information content (AvgIpc) is 2.99. The van der Waals surface area contributed by atoms with Gasteiger partial charge in [-0.1, -0.05) is 35.3 Å². The Bertz CT molecular complexity index is 954. The average molecular weight is 418 g/mol. The highest BCUT2D eigenvalue weighted by Crippen LogP contribution is 2.29. The summed E-state index contributed by atoms with van der Waals surface area (Å²) in [6.07, 6.45) is 1.58. The van der Waals surface area contributed by atoms with Gasteiger partial charge in [0.1, 0.15) is 5.57 Å². The smallest absolute Gasteiger partial charge is 0.282 e. The number of nitrogens with zero attached hydrogens (tertiary/aromatic N) is 2. The first-order valence-corrected chi connectivity index (χ1v) is 9.53. The molecule has 0 aliphatic carbocycles. The van der Waals surface area contributed by atoms with Crippen LogP contribution in [-0.2, 0) is 14.3 Å². The van der Waals surface area contributed by atoms with Gasteiger partial charge in [-0.15, -0.1) is 0 Å². The molecule has 0 bridgehead atoms. The van der Waals surface area contributed by atoms with Crippen molar-refractivity contribution in [3.63, 3.8) is 0 Å². The van der Waals surface area contributed by atoms with Crippen LogP contribution >= 0.6 is 23.2 Å². The first-order valence-electron chi connectivity index (χ1n) is 8.78. The second-order valence-corrected chi connectivity index (χ2v) is 7.24. The van der Waals surface area contributed by atoms with Crippen LogP contribution in [0.4, 0.5) is 11.4 Å². The van der Waals surface area contributed by atoms with Gasteiger partial charge in [-0.05, 0) is 42.0 Å². The largest absolute Gasteiger partial charge is 0.378 e. The van der Waals surface area contributed by atoms with Gasteiger partial charge in [0.05, 0.1) is 28.9 Å². The summed E-state index contributed by atoms with van der Waals surface area (Å²) in [4.78, 5) is 27.3. The molecule has 144 valence electrons. The third-order valence-corrected chi connectivity index (χ3v) is 5.37. The first kappa shape index (κ1) is 18.8. The number of carbonyl (C=O) groups is 2. The van der Waals surface area contributed by atoms with Crippen molar-refractivity contribution in [1.82, 2.24) is 5.43 Å². The number of nitrogens with one attached hydrogen (secondary N) is 1. The van der Waals surface area contributed by atoms with Crippen LogP contribution in [-0.4, -0.2) is 38.1 Å². The highest BCUT2D eigenvalue weighted by molar-refractivity contribution is 6.42. The van der Waals surface area contributed by atoms with Gasteiger partial charge in [-0.2, -0.15) is 0 Å². The molecule has 2 heterocycles. The van der Waals surface area contributed by atoms with E-state index in [2.05, 4.69) is 10.3 Å². The molecule has 2 saturated heterocycles. The lowest BCUT2D eigenvalue weighted by molar-refractivity contribution is -0.117. The number of morpholine rings is 1. The number of hydrazine groups is 1. The van der Waals surface area contributed by atoms with E-state index in [0.717, 1.165) is 24.3 Å². The standard InChI is InChI=1S/C20H17Cl2N3O3/c21-17-6-5-15(12-18(17)22)25-20(27)16(19(26)23-25)11-13-1-3-14(4-2-13)24-7-9-28-10-8-24/h1-6,11-12H,7-10H2,(H,23,26)/b16-11+. The Morgan fingerprint density at radius 2 is 1.61 bits per heavy atom. The fourth-order valence-corrected chi connectivity index (χ4v) is 3.43. The third-order valence-electron chi connectivity index (χ3n) is 4.63. The number of carbonyl (C=O) groups excluding carboxylic acids is 2. The summed E-state index contributed by atoms with van der Waals surface area (Å²) >= 11 is 11.9. The molecule has 2 aliphatic rings. The zero-order valence-electron chi connectivity index (χ0n) is 14.8. The molecule has 28 heavy (non-hydrogen) atoms. The molecule has 0 radical (unpaired) electrons. The van der Waals surface area contributed by atoms with Crippen LogP contribution in [0.3, 0.4) is 0 Å². The molecule has 1 N–H and O–H groups in total. The fraction of sp³-hybridized carbons (Fsp3) is 0.200. The molecular formula is C20H17Cl2N3O3. The van der Waals surface area contributed by atoms with E-state index >= 15 is 0 Å². The molecule has 2 aromatic carbocycles. The number of ether oxygens (including phenoxy) is 1. The van der Waals surface area contributed by atoms with Crippen molar-refractivity contribution in [3.8, 4) is 0 Å². The predicted molar refractivity (Wildman–Crippen MR) is 110 cm³/mol. The fourth-order valence-electron chi connectivity index (χ4n) is 3.13. The molecule has 0 unspecified atom stereocenters. The molecule has 6 nitrogen and oxygen atoms in total. The molecule has 4 rings (SSSR count). The van der Waals surface area contributed by atoms with Gasteiger partial charge in [0.2, 0.25) is 0 Å². The lowest BCUT2D eigenvalue weighted by Gasteiger charge is -2.28. The van der Waals surface area contributed by atoms with Gasteiger partial charge in [0.15, 0.2) is 0 Å². The molecule has 2 fully saturated rings. The van der Waals surface area contributed by atoms with Crippen LogP contribution in [0.5, 0.6) is 0 Å². The highest BCUT2D eigenvalue weighted by atomic mass is 35.5.